The highest BCUT2D eigenvalue weighted by Crippen LogP contribution is 2.21. The molecule has 0 unspecified atom stereocenters. The number of nitriles is 1. The SMILES string of the molecule is CC(=O)NCCC(=O)Nc1ccc2cnn(-c3cncc(C#N)n3)c2c1. The van der Waals surface area contributed by atoms with E-state index in [-0.39, 0.29) is 30.5 Å². The number of hydrogen-bond acceptors (Lipinski definition) is 6. The molecule has 26 heavy (non-hydrogen) atoms. The van der Waals surface area contributed by atoms with Crippen molar-refractivity contribution in [3.05, 3.63) is 42.5 Å². The van der Waals surface area contributed by atoms with E-state index < -0.39 is 0 Å². The lowest BCUT2D eigenvalue weighted by Crippen LogP contribution is -2.25. The highest BCUT2D eigenvalue weighted by Gasteiger charge is 2.10. The molecule has 0 radical (unpaired) electrons. The summed E-state index contributed by atoms with van der Waals surface area (Å²) in [5.41, 5.74) is 1.50. The summed E-state index contributed by atoms with van der Waals surface area (Å²) in [6.45, 7) is 1.68. The molecule has 0 saturated carbocycles. The number of fused-ring (bicyclic) bond motifs is 1. The summed E-state index contributed by atoms with van der Waals surface area (Å²) in [6.07, 6.45) is 4.72. The largest absolute Gasteiger partial charge is 0.356 e. The van der Waals surface area contributed by atoms with Gasteiger partial charge in [0.2, 0.25) is 11.8 Å². The van der Waals surface area contributed by atoms with Gasteiger partial charge in [0.05, 0.1) is 24.1 Å². The normalized spacial score (nSPS) is 10.3. The van der Waals surface area contributed by atoms with Crippen LogP contribution in [0.5, 0.6) is 0 Å². The molecule has 1 aromatic carbocycles. The lowest BCUT2D eigenvalue weighted by Gasteiger charge is -2.07. The molecule has 2 heterocycles. The molecular weight excluding hydrogens is 334 g/mol. The maximum Gasteiger partial charge on any atom is 0.226 e. The third-order valence-corrected chi connectivity index (χ3v) is 3.53. The Hall–Kier alpha value is -3.80. The van der Waals surface area contributed by atoms with Gasteiger partial charge in [-0.1, -0.05) is 0 Å². The number of nitrogens with one attached hydrogen (secondary N) is 2. The molecule has 3 rings (SSSR count). The number of aromatic nitrogens is 4. The Balaban J connectivity index is 1.83. The topological polar surface area (TPSA) is 126 Å². The van der Waals surface area contributed by atoms with Crippen molar-refractivity contribution in [2.75, 3.05) is 11.9 Å². The van der Waals surface area contributed by atoms with Gasteiger partial charge in [-0.15, -0.1) is 0 Å². The molecule has 2 aromatic heterocycles. The summed E-state index contributed by atoms with van der Waals surface area (Å²) in [4.78, 5) is 31.0. The predicted octanol–water partition coefficient (Wildman–Crippen LogP) is 1.15. The molecule has 0 aliphatic rings. The third-order valence-electron chi connectivity index (χ3n) is 3.53. The van der Waals surface area contributed by atoms with Crippen LogP contribution in [0.25, 0.3) is 16.7 Å². The number of amides is 2. The first-order valence-corrected chi connectivity index (χ1v) is 7.81. The standard InChI is InChI=1S/C17H15N7O2/c1-11(25)20-5-4-17(26)23-13-3-2-12-8-21-24(15(12)6-13)16-10-19-9-14(7-18)22-16/h2-3,6,8-10H,4-5H2,1H3,(H,20,25)(H,23,26). The van der Waals surface area contributed by atoms with Crippen molar-refractivity contribution in [1.82, 2.24) is 25.1 Å². The van der Waals surface area contributed by atoms with E-state index in [0.29, 0.717) is 17.0 Å². The van der Waals surface area contributed by atoms with Crippen LogP contribution in [0.4, 0.5) is 5.69 Å². The van der Waals surface area contributed by atoms with Crippen molar-refractivity contribution in [2.24, 2.45) is 0 Å². The summed E-state index contributed by atoms with van der Waals surface area (Å²) < 4.78 is 1.55. The van der Waals surface area contributed by atoms with Crippen molar-refractivity contribution in [2.45, 2.75) is 13.3 Å². The zero-order chi connectivity index (χ0) is 18.5. The van der Waals surface area contributed by atoms with Gasteiger partial charge < -0.3 is 10.6 Å². The lowest BCUT2D eigenvalue weighted by atomic mass is 10.2. The van der Waals surface area contributed by atoms with Gasteiger partial charge in [0.25, 0.3) is 0 Å². The van der Waals surface area contributed by atoms with E-state index in [9.17, 15) is 9.59 Å². The second kappa shape index (κ2) is 7.40. The molecule has 9 heteroatoms. The van der Waals surface area contributed by atoms with E-state index in [1.165, 1.54) is 19.3 Å². The first kappa shape index (κ1) is 17.0. The number of hydrogen-bond donors (Lipinski definition) is 2. The van der Waals surface area contributed by atoms with Crippen LogP contribution in [0.3, 0.4) is 0 Å². The lowest BCUT2D eigenvalue weighted by molar-refractivity contribution is -0.119. The van der Waals surface area contributed by atoms with Gasteiger partial charge in [-0.25, -0.2) is 9.67 Å². The minimum atomic E-state index is -0.213. The van der Waals surface area contributed by atoms with Crippen molar-refractivity contribution in [3.63, 3.8) is 0 Å². The molecule has 0 aliphatic heterocycles. The molecule has 0 bridgehead atoms. The minimum Gasteiger partial charge on any atom is -0.356 e. The van der Waals surface area contributed by atoms with Crippen molar-refractivity contribution in [3.8, 4) is 11.9 Å². The van der Waals surface area contributed by atoms with E-state index in [2.05, 4.69) is 25.7 Å². The van der Waals surface area contributed by atoms with Gasteiger partial charge in [0.15, 0.2) is 11.5 Å². The van der Waals surface area contributed by atoms with Crippen LogP contribution in [-0.4, -0.2) is 38.1 Å². The van der Waals surface area contributed by atoms with Crippen LogP contribution in [-0.2, 0) is 9.59 Å². The molecule has 0 aliphatic carbocycles. The number of anilines is 1. The molecular formula is C17H15N7O2. The molecule has 0 spiro atoms. The van der Waals surface area contributed by atoms with Crippen LogP contribution in [0.1, 0.15) is 19.0 Å². The van der Waals surface area contributed by atoms with E-state index in [0.717, 1.165) is 5.39 Å². The first-order chi connectivity index (χ1) is 12.6. The van der Waals surface area contributed by atoms with Crippen molar-refractivity contribution < 1.29 is 9.59 Å². The highest BCUT2D eigenvalue weighted by molar-refractivity contribution is 5.94. The summed E-state index contributed by atoms with van der Waals surface area (Å²) >= 11 is 0. The second-order valence-electron chi connectivity index (χ2n) is 5.49. The fraction of sp³-hybridized carbons (Fsp3) is 0.176. The Bertz CT molecular complexity index is 1020. The number of benzene rings is 1. The fourth-order valence-corrected chi connectivity index (χ4v) is 2.37. The van der Waals surface area contributed by atoms with Crippen molar-refractivity contribution >= 4 is 28.4 Å². The average Bonchev–Trinajstić information content (AvgIpc) is 3.04. The van der Waals surface area contributed by atoms with Gasteiger partial charge in [0, 0.05) is 31.0 Å². The van der Waals surface area contributed by atoms with Gasteiger partial charge in [-0.2, -0.15) is 10.4 Å². The quantitative estimate of drug-likeness (QED) is 0.712. The minimum absolute atomic E-state index is 0.173. The molecule has 0 saturated heterocycles. The van der Waals surface area contributed by atoms with E-state index in [4.69, 9.17) is 5.26 Å². The zero-order valence-corrected chi connectivity index (χ0v) is 13.9. The second-order valence-corrected chi connectivity index (χ2v) is 5.49. The molecule has 3 aromatic rings. The van der Waals surface area contributed by atoms with E-state index >= 15 is 0 Å². The van der Waals surface area contributed by atoms with Gasteiger partial charge >= 0.3 is 0 Å². The maximum atomic E-state index is 12.0. The molecule has 9 nitrogen and oxygen atoms in total. The van der Waals surface area contributed by atoms with Crippen LogP contribution in [0, 0.1) is 11.3 Å². The smallest absolute Gasteiger partial charge is 0.226 e. The monoisotopic (exact) mass is 349 g/mol. The Morgan fingerprint density at radius 2 is 2.12 bits per heavy atom. The zero-order valence-electron chi connectivity index (χ0n) is 13.9. The Morgan fingerprint density at radius 1 is 1.27 bits per heavy atom. The molecule has 2 amide bonds. The van der Waals surface area contributed by atoms with Crippen LogP contribution in [0.15, 0.2) is 36.8 Å². The average molecular weight is 349 g/mol. The molecule has 2 N–H and O–H groups in total. The summed E-state index contributed by atoms with van der Waals surface area (Å²) in [7, 11) is 0. The van der Waals surface area contributed by atoms with Gasteiger partial charge in [0.1, 0.15) is 6.07 Å². The number of carbonyl (C=O) groups excluding carboxylic acids is 2. The first-order valence-electron chi connectivity index (χ1n) is 7.81. The molecule has 0 atom stereocenters. The Morgan fingerprint density at radius 3 is 2.88 bits per heavy atom. The number of nitrogens with zero attached hydrogens (tertiary/aromatic N) is 5. The van der Waals surface area contributed by atoms with Gasteiger partial charge in [-0.3, -0.25) is 14.6 Å². The summed E-state index contributed by atoms with van der Waals surface area (Å²) in [5, 5.41) is 19.4. The molecule has 130 valence electrons. The number of carbonyl (C=O) groups is 2. The van der Waals surface area contributed by atoms with Crippen LogP contribution >= 0.6 is 0 Å². The summed E-state index contributed by atoms with van der Waals surface area (Å²) in [6, 6.07) is 7.29. The van der Waals surface area contributed by atoms with E-state index in [1.54, 1.807) is 23.0 Å². The van der Waals surface area contributed by atoms with Gasteiger partial charge in [-0.05, 0) is 18.2 Å². The van der Waals surface area contributed by atoms with Crippen LogP contribution < -0.4 is 10.6 Å². The maximum absolute atomic E-state index is 12.0. The van der Waals surface area contributed by atoms with E-state index in [1.807, 2.05) is 12.1 Å². The predicted molar refractivity (Wildman–Crippen MR) is 93.3 cm³/mol. The number of rotatable bonds is 5. The summed E-state index contributed by atoms with van der Waals surface area (Å²) in [5.74, 6) is 0.0208. The fourth-order valence-electron chi connectivity index (χ4n) is 2.37. The van der Waals surface area contributed by atoms with Crippen molar-refractivity contribution in [1.29, 1.82) is 5.26 Å². The highest BCUT2D eigenvalue weighted by atomic mass is 16.2. The third kappa shape index (κ3) is 3.81. The Labute approximate surface area is 148 Å². The molecule has 0 fully saturated rings. The Kier molecular flexibility index (Phi) is 4.85. The van der Waals surface area contributed by atoms with Crippen LogP contribution in [0.2, 0.25) is 0 Å².